The number of anilines is 1. The van der Waals surface area contributed by atoms with Crippen LogP contribution in [-0.4, -0.2) is 43.0 Å². The lowest BCUT2D eigenvalue weighted by molar-refractivity contribution is -0.113. The molecule has 0 aliphatic rings. The first kappa shape index (κ1) is 20.9. The SMILES string of the molecule is COc1ccc(-c2cc3c4nnc(SCC(=O)Nc5ccc(F)cc5F)n4ccn3n2)cc1. The maximum Gasteiger partial charge on any atom is 0.234 e. The summed E-state index contributed by atoms with van der Waals surface area (Å²) >= 11 is 1.15. The molecule has 166 valence electrons. The van der Waals surface area contributed by atoms with Gasteiger partial charge in [-0.1, -0.05) is 11.8 Å². The summed E-state index contributed by atoms with van der Waals surface area (Å²) < 4.78 is 35.4. The maximum absolute atomic E-state index is 13.7. The number of hydrogen-bond donors (Lipinski definition) is 1. The summed E-state index contributed by atoms with van der Waals surface area (Å²) in [4.78, 5) is 12.2. The van der Waals surface area contributed by atoms with E-state index < -0.39 is 17.5 Å². The molecule has 3 aromatic heterocycles. The van der Waals surface area contributed by atoms with Gasteiger partial charge in [0.15, 0.2) is 10.8 Å². The van der Waals surface area contributed by atoms with Gasteiger partial charge in [-0.15, -0.1) is 10.2 Å². The lowest BCUT2D eigenvalue weighted by atomic mass is 10.1. The first-order valence-corrected chi connectivity index (χ1v) is 10.8. The molecule has 0 aliphatic heterocycles. The lowest BCUT2D eigenvalue weighted by Gasteiger charge is -2.06. The van der Waals surface area contributed by atoms with Gasteiger partial charge in [0.05, 0.1) is 24.2 Å². The minimum Gasteiger partial charge on any atom is -0.497 e. The highest BCUT2D eigenvalue weighted by Crippen LogP contribution is 2.26. The molecule has 33 heavy (non-hydrogen) atoms. The number of ether oxygens (including phenoxy) is 1. The molecule has 1 N–H and O–H groups in total. The Bertz CT molecular complexity index is 1480. The summed E-state index contributed by atoms with van der Waals surface area (Å²) in [6.45, 7) is 0. The van der Waals surface area contributed by atoms with Crippen molar-refractivity contribution in [2.45, 2.75) is 5.16 Å². The van der Waals surface area contributed by atoms with E-state index in [4.69, 9.17) is 4.74 Å². The highest BCUT2D eigenvalue weighted by molar-refractivity contribution is 7.99. The van der Waals surface area contributed by atoms with Gasteiger partial charge in [0, 0.05) is 24.0 Å². The van der Waals surface area contributed by atoms with Gasteiger partial charge in [-0.05, 0) is 42.5 Å². The smallest absolute Gasteiger partial charge is 0.234 e. The van der Waals surface area contributed by atoms with Gasteiger partial charge in [0.25, 0.3) is 0 Å². The van der Waals surface area contributed by atoms with Gasteiger partial charge in [0.1, 0.15) is 22.9 Å². The summed E-state index contributed by atoms with van der Waals surface area (Å²) in [7, 11) is 1.61. The molecule has 2 aromatic carbocycles. The van der Waals surface area contributed by atoms with Crippen LogP contribution in [0.15, 0.2) is 66.1 Å². The number of fused-ring (bicyclic) bond motifs is 3. The molecule has 0 radical (unpaired) electrons. The predicted octanol–water partition coefficient (Wildman–Crippen LogP) is 4.06. The van der Waals surface area contributed by atoms with E-state index in [2.05, 4.69) is 20.6 Å². The van der Waals surface area contributed by atoms with E-state index in [-0.39, 0.29) is 11.4 Å². The Kier molecular flexibility index (Phi) is 5.38. The van der Waals surface area contributed by atoms with Crippen molar-refractivity contribution < 1.29 is 18.3 Å². The molecular weight excluding hydrogens is 450 g/mol. The first-order chi connectivity index (χ1) is 16.0. The minimum atomic E-state index is -0.836. The Morgan fingerprint density at radius 1 is 1.09 bits per heavy atom. The molecular formula is C22H16F2N6O2S. The van der Waals surface area contributed by atoms with Gasteiger partial charge in [0.2, 0.25) is 5.91 Å². The fourth-order valence-corrected chi connectivity index (χ4v) is 4.02. The van der Waals surface area contributed by atoms with Crippen molar-refractivity contribution in [2.75, 3.05) is 18.2 Å². The van der Waals surface area contributed by atoms with Gasteiger partial charge in [-0.2, -0.15) is 5.10 Å². The molecule has 8 nitrogen and oxygen atoms in total. The third-order valence-electron chi connectivity index (χ3n) is 4.91. The lowest BCUT2D eigenvalue weighted by Crippen LogP contribution is -2.15. The number of rotatable bonds is 6. The molecule has 3 heterocycles. The number of carbonyl (C=O) groups excluding carboxylic acids is 1. The summed E-state index contributed by atoms with van der Waals surface area (Å²) in [6, 6.07) is 12.4. The summed E-state index contributed by atoms with van der Waals surface area (Å²) in [5.41, 5.74) is 2.94. The van der Waals surface area contributed by atoms with Crippen LogP contribution in [0.4, 0.5) is 14.5 Å². The number of hydrogen-bond acceptors (Lipinski definition) is 6. The maximum atomic E-state index is 13.7. The van der Waals surface area contributed by atoms with E-state index in [1.54, 1.807) is 28.4 Å². The zero-order valence-corrected chi connectivity index (χ0v) is 18.0. The van der Waals surface area contributed by atoms with Crippen molar-refractivity contribution in [1.82, 2.24) is 24.2 Å². The second kappa shape index (κ2) is 8.51. The molecule has 5 aromatic rings. The number of halogens is 2. The van der Waals surface area contributed by atoms with E-state index in [0.29, 0.717) is 16.9 Å². The van der Waals surface area contributed by atoms with Crippen molar-refractivity contribution in [2.24, 2.45) is 0 Å². The van der Waals surface area contributed by atoms with E-state index in [1.807, 2.05) is 30.3 Å². The van der Waals surface area contributed by atoms with Gasteiger partial charge in [-0.25, -0.2) is 13.3 Å². The Hall–Kier alpha value is -3.99. The van der Waals surface area contributed by atoms with Crippen molar-refractivity contribution >= 4 is 34.5 Å². The molecule has 0 aliphatic carbocycles. The summed E-state index contributed by atoms with van der Waals surface area (Å²) in [5.74, 6) is -1.27. The molecule has 0 spiro atoms. The fourth-order valence-electron chi connectivity index (χ4n) is 3.30. The van der Waals surface area contributed by atoms with E-state index in [0.717, 1.165) is 40.4 Å². The Labute approximate surface area is 190 Å². The number of thioether (sulfide) groups is 1. The van der Waals surface area contributed by atoms with Gasteiger partial charge in [-0.3, -0.25) is 9.20 Å². The van der Waals surface area contributed by atoms with Crippen molar-refractivity contribution in [3.05, 3.63) is 72.6 Å². The topological polar surface area (TPSA) is 85.8 Å². The zero-order chi connectivity index (χ0) is 22.9. The minimum absolute atomic E-state index is 0.0286. The summed E-state index contributed by atoms with van der Waals surface area (Å²) in [5, 5.41) is 15.9. The van der Waals surface area contributed by atoms with Crippen LogP contribution in [0, 0.1) is 11.6 Å². The number of nitrogens with zero attached hydrogens (tertiary/aromatic N) is 5. The third kappa shape index (κ3) is 4.10. The molecule has 5 rings (SSSR count). The number of benzene rings is 2. The number of nitrogens with one attached hydrogen (secondary N) is 1. The standard InChI is InChI=1S/C22H16F2N6O2S/c1-32-15-5-2-13(3-6-15)18-11-19-21-26-27-22(29(21)8-9-30(19)28-18)33-12-20(31)25-17-7-4-14(23)10-16(17)24/h2-11H,12H2,1H3,(H,25,31). The van der Waals surface area contributed by atoms with Gasteiger partial charge < -0.3 is 10.1 Å². The fraction of sp³-hybridized carbons (Fsp3) is 0.0909. The molecule has 0 saturated carbocycles. The van der Waals surface area contributed by atoms with Crippen LogP contribution in [0.1, 0.15) is 0 Å². The predicted molar refractivity (Wildman–Crippen MR) is 119 cm³/mol. The molecule has 0 bridgehead atoms. The highest BCUT2D eigenvalue weighted by Gasteiger charge is 2.15. The molecule has 0 fully saturated rings. The second-order valence-corrected chi connectivity index (χ2v) is 7.97. The Balaban J connectivity index is 1.35. The van der Waals surface area contributed by atoms with E-state index >= 15 is 0 Å². The molecule has 0 saturated heterocycles. The zero-order valence-electron chi connectivity index (χ0n) is 17.2. The molecule has 0 atom stereocenters. The Morgan fingerprint density at radius 3 is 2.67 bits per heavy atom. The molecule has 1 amide bonds. The van der Waals surface area contributed by atoms with E-state index in [1.165, 1.54) is 6.07 Å². The van der Waals surface area contributed by atoms with Gasteiger partial charge >= 0.3 is 0 Å². The monoisotopic (exact) mass is 466 g/mol. The molecule has 11 heteroatoms. The van der Waals surface area contributed by atoms with Crippen molar-refractivity contribution in [3.63, 3.8) is 0 Å². The van der Waals surface area contributed by atoms with E-state index in [9.17, 15) is 13.6 Å². The van der Waals surface area contributed by atoms with Crippen LogP contribution in [0.25, 0.3) is 22.4 Å². The average molecular weight is 466 g/mol. The van der Waals surface area contributed by atoms with Crippen LogP contribution < -0.4 is 10.1 Å². The average Bonchev–Trinajstić information content (AvgIpc) is 3.43. The van der Waals surface area contributed by atoms with Crippen molar-refractivity contribution in [1.29, 1.82) is 0 Å². The number of carbonyl (C=O) groups is 1. The number of amides is 1. The van der Waals surface area contributed by atoms with Crippen LogP contribution in [0.5, 0.6) is 5.75 Å². The highest BCUT2D eigenvalue weighted by atomic mass is 32.2. The normalized spacial score (nSPS) is 11.2. The Morgan fingerprint density at radius 2 is 1.91 bits per heavy atom. The molecule has 0 unspecified atom stereocenters. The van der Waals surface area contributed by atoms with Crippen LogP contribution in [0.3, 0.4) is 0 Å². The second-order valence-electron chi connectivity index (χ2n) is 7.02. The summed E-state index contributed by atoms with van der Waals surface area (Å²) in [6.07, 6.45) is 3.53. The number of methoxy groups -OCH3 is 1. The third-order valence-corrected chi connectivity index (χ3v) is 5.85. The largest absolute Gasteiger partial charge is 0.497 e. The van der Waals surface area contributed by atoms with Crippen LogP contribution in [-0.2, 0) is 4.79 Å². The quantitative estimate of drug-likeness (QED) is 0.380. The van der Waals surface area contributed by atoms with Crippen LogP contribution >= 0.6 is 11.8 Å². The van der Waals surface area contributed by atoms with Crippen LogP contribution in [0.2, 0.25) is 0 Å². The number of aromatic nitrogens is 5. The van der Waals surface area contributed by atoms with Crippen molar-refractivity contribution in [3.8, 4) is 17.0 Å². The first-order valence-electron chi connectivity index (χ1n) is 9.77.